The van der Waals surface area contributed by atoms with Crippen LogP contribution in [0.1, 0.15) is 32.7 Å². The van der Waals surface area contributed by atoms with Crippen LogP contribution >= 0.6 is 0 Å². The first-order valence-electron chi connectivity index (χ1n) is 10.3. The topological polar surface area (TPSA) is 49.4 Å². The Balaban J connectivity index is 1.23. The molecule has 4 nitrogen and oxygen atoms in total. The average Bonchev–Trinajstić information content (AvgIpc) is 3.37. The van der Waals surface area contributed by atoms with Gasteiger partial charge in [0.2, 0.25) is 0 Å². The lowest BCUT2D eigenvalue weighted by Crippen LogP contribution is -2.31. The lowest BCUT2D eigenvalue weighted by atomic mass is 10.0. The van der Waals surface area contributed by atoms with E-state index in [1.165, 1.54) is 6.07 Å². The molecule has 156 valence electrons. The minimum absolute atomic E-state index is 0.0572. The van der Waals surface area contributed by atoms with E-state index in [9.17, 15) is 18.4 Å². The van der Waals surface area contributed by atoms with E-state index in [-0.39, 0.29) is 17.6 Å². The standard InChI is InChI=1S/C25H20F2N2O2/c26-22-8-6-17(12-23(22)27)29-10-9-15(14-29)13-28-25(31)16-5-7-19-18-3-1-2-4-20(18)24(30)21(19)11-16/h1-8,11-12,15H,9-10,13-14H2,(H,28,31). The number of hydrogen-bond acceptors (Lipinski definition) is 3. The number of hydrogen-bond donors (Lipinski definition) is 1. The van der Waals surface area contributed by atoms with Gasteiger partial charge < -0.3 is 10.2 Å². The Morgan fingerprint density at radius 3 is 2.52 bits per heavy atom. The molecule has 0 saturated carbocycles. The SMILES string of the molecule is O=C(NCC1CCN(c2ccc(F)c(F)c2)C1)c1ccc2c(c1)C(=O)c1ccccc1-2. The Hall–Kier alpha value is -3.54. The Morgan fingerprint density at radius 1 is 0.935 bits per heavy atom. The van der Waals surface area contributed by atoms with Crippen LogP contribution in [-0.2, 0) is 0 Å². The predicted molar refractivity (Wildman–Crippen MR) is 114 cm³/mol. The number of benzene rings is 3. The van der Waals surface area contributed by atoms with Crippen molar-refractivity contribution in [2.75, 3.05) is 24.5 Å². The molecule has 0 spiro atoms. The van der Waals surface area contributed by atoms with Crippen molar-refractivity contribution in [2.24, 2.45) is 5.92 Å². The van der Waals surface area contributed by atoms with Gasteiger partial charge in [-0.1, -0.05) is 30.3 Å². The van der Waals surface area contributed by atoms with Gasteiger partial charge in [-0.2, -0.15) is 0 Å². The second-order valence-electron chi connectivity index (χ2n) is 8.04. The van der Waals surface area contributed by atoms with Gasteiger partial charge in [0.05, 0.1) is 0 Å². The molecule has 2 aliphatic rings. The zero-order valence-electron chi connectivity index (χ0n) is 16.7. The molecule has 0 aromatic heterocycles. The summed E-state index contributed by atoms with van der Waals surface area (Å²) in [4.78, 5) is 27.3. The summed E-state index contributed by atoms with van der Waals surface area (Å²) in [5.74, 6) is -1.79. The second-order valence-corrected chi connectivity index (χ2v) is 8.04. The number of carbonyl (C=O) groups is 2. The van der Waals surface area contributed by atoms with E-state index < -0.39 is 11.6 Å². The zero-order valence-corrected chi connectivity index (χ0v) is 16.7. The van der Waals surface area contributed by atoms with Crippen molar-refractivity contribution >= 4 is 17.4 Å². The molecule has 1 N–H and O–H groups in total. The largest absolute Gasteiger partial charge is 0.371 e. The fourth-order valence-corrected chi connectivity index (χ4v) is 4.42. The molecule has 3 aromatic carbocycles. The van der Waals surface area contributed by atoms with E-state index in [2.05, 4.69) is 5.32 Å². The highest BCUT2D eigenvalue weighted by Gasteiger charge is 2.28. The first kappa shape index (κ1) is 19.4. The summed E-state index contributed by atoms with van der Waals surface area (Å²) in [6, 6.07) is 16.6. The van der Waals surface area contributed by atoms with Crippen LogP contribution in [0.2, 0.25) is 0 Å². The molecule has 1 fully saturated rings. The summed E-state index contributed by atoms with van der Waals surface area (Å²) >= 11 is 0. The molecule has 31 heavy (non-hydrogen) atoms. The maximum absolute atomic E-state index is 13.5. The molecular formula is C25H20F2N2O2. The highest BCUT2D eigenvalue weighted by molar-refractivity contribution is 6.22. The van der Waals surface area contributed by atoms with E-state index in [0.29, 0.717) is 35.5 Å². The number of carbonyl (C=O) groups excluding carboxylic acids is 2. The van der Waals surface area contributed by atoms with Crippen molar-refractivity contribution in [3.63, 3.8) is 0 Å². The number of halogens is 2. The number of amides is 1. The number of anilines is 1. The number of ketones is 1. The van der Waals surface area contributed by atoms with Crippen LogP contribution in [0.15, 0.2) is 60.7 Å². The summed E-state index contributed by atoms with van der Waals surface area (Å²) in [5.41, 5.74) is 4.07. The van der Waals surface area contributed by atoms with Gasteiger partial charge in [-0.05, 0) is 47.7 Å². The van der Waals surface area contributed by atoms with Gasteiger partial charge in [-0.15, -0.1) is 0 Å². The van der Waals surface area contributed by atoms with E-state index in [1.807, 2.05) is 29.2 Å². The molecule has 1 atom stereocenters. The van der Waals surface area contributed by atoms with Crippen molar-refractivity contribution in [2.45, 2.75) is 6.42 Å². The maximum atomic E-state index is 13.5. The van der Waals surface area contributed by atoms with Gasteiger partial charge in [0, 0.05) is 48.1 Å². The van der Waals surface area contributed by atoms with Gasteiger partial charge in [-0.25, -0.2) is 8.78 Å². The smallest absolute Gasteiger partial charge is 0.251 e. The van der Waals surface area contributed by atoms with Gasteiger partial charge in [0.1, 0.15) is 0 Å². The maximum Gasteiger partial charge on any atom is 0.251 e. The van der Waals surface area contributed by atoms with Crippen LogP contribution < -0.4 is 10.2 Å². The summed E-state index contributed by atoms with van der Waals surface area (Å²) in [5, 5.41) is 2.95. The molecule has 0 radical (unpaired) electrons. The second kappa shape index (κ2) is 7.61. The lowest BCUT2D eigenvalue weighted by Gasteiger charge is -2.19. The molecule has 6 heteroatoms. The third-order valence-electron chi connectivity index (χ3n) is 6.09. The van der Waals surface area contributed by atoms with Crippen molar-refractivity contribution in [3.8, 4) is 11.1 Å². The predicted octanol–water partition coefficient (Wildman–Crippen LogP) is 4.43. The summed E-state index contributed by atoms with van der Waals surface area (Å²) in [6.07, 6.45) is 0.845. The molecule has 5 rings (SSSR count). The van der Waals surface area contributed by atoms with Gasteiger partial charge in [0.25, 0.3) is 5.91 Å². The number of nitrogens with one attached hydrogen (secondary N) is 1. The molecule has 1 saturated heterocycles. The highest BCUT2D eigenvalue weighted by Crippen LogP contribution is 2.36. The Kier molecular flexibility index (Phi) is 4.77. The van der Waals surface area contributed by atoms with E-state index in [0.717, 1.165) is 30.2 Å². The lowest BCUT2D eigenvalue weighted by molar-refractivity contribution is 0.0948. The quantitative estimate of drug-likeness (QED) is 0.533. The van der Waals surface area contributed by atoms with Crippen molar-refractivity contribution in [1.29, 1.82) is 0 Å². The third-order valence-corrected chi connectivity index (χ3v) is 6.09. The summed E-state index contributed by atoms with van der Waals surface area (Å²) < 4.78 is 26.7. The van der Waals surface area contributed by atoms with E-state index >= 15 is 0 Å². The van der Waals surface area contributed by atoms with Crippen molar-refractivity contribution < 1.29 is 18.4 Å². The third kappa shape index (κ3) is 3.48. The number of nitrogens with zero attached hydrogens (tertiary/aromatic N) is 1. The first-order valence-corrected chi connectivity index (χ1v) is 10.3. The summed E-state index contributed by atoms with van der Waals surface area (Å²) in [6.45, 7) is 1.85. The van der Waals surface area contributed by atoms with Gasteiger partial charge >= 0.3 is 0 Å². The van der Waals surface area contributed by atoms with Crippen LogP contribution in [0.3, 0.4) is 0 Å². The van der Waals surface area contributed by atoms with E-state index in [4.69, 9.17) is 0 Å². The Labute approximate surface area is 178 Å². The molecule has 1 aliphatic carbocycles. The van der Waals surface area contributed by atoms with Gasteiger partial charge in [0.15, 0.2) is 17.4 Å². The fourth-order valence-electron chi connectivity index (χ4n) is 4.42. The van der Waals surface area contributed by atoms with Crippen LogP contribution in [-0.4, -0.2) is 31.3 Å². The molecule has 1 aliphatic heterocycles. The van der Waals surface area contributed by atoms with Crippen LogP contribution in [0, 0.1) is 17.6 Å². The van der Waals surface area contributed by atoms with Crippen molar-refractivity contribution in [1.82, 2.24) is 5.32 Å². The Morgan fingerprint density at radius 2 is 1.71 bits per heavy atom. The zero-order chi connectivity index (χ0) is 21.5. The van der Waals surface area contributed by atoms with E-state index in [1.54, 1.807) is 24.3 Å². The molecular weight excluding hydrogens is 398 g/mol. The van der Waals surface area contributed by atoms with Crippen LogP contribution in [0.4, 0.5) is 14.5 Å². The fraction of sp³-hybridized carbons (Fsp3) is 0.200. The first-order chi connectivity index (χ1) is 15.0. The van der Waals surface area contributed by atoms with Gasteiger partial charge in [-0.3, -0.25) is 9.59 Å². The Bertz CT molecular complexity index is 1210. The monoisotopic (exact) mass is 418 g/mol. The minimum Gasteiger partial charge on any atom is -0.371 e. The molecule has 0 bridgehead atoms. The van der Waals surface area contributed by atoms with Crippen LogP contribution in [0.25, 0.3) is 11.1 Å². The number of rotatable bonds is 4. The van der Waals surface area contributed by atoms with Crippen molar-refractivity contribution in [3.05, 3.63) is 89.0 Å². The molecule has 3 aromatic rings. The number of fused-ring (bicyclic) bond motifs is 3. The molecule has 1 unspecified atom stereocenters. The average molecular weight is 418 g/mol. The molecule has 1 amide bonds. The highest BCUT2D eigenvalue weighted by atomic mass is 19.2. The minimum atomic E-state index is -0.859. The normalized spacial score (nSPS) is 16.9. The molecule has 1 heterocycles. The van der Waals surface area contributed by atoms with Crippen LogP contribution in [0.5, 0.6) is 0 Å². The summed E-state index contributed by atoms with van der Waals surface area (Å²) in [7, 11) is 0.